The van der Waals surface area contributed by atoms with Gasteiger partial charge in [-0.2, -0.15) is 0 Å². The van der Waals surface area contributed by atoms with E-state index in [1.165, 1.54) is 6.92 Å². The van der Waals surface area contributed by atoms with Crippen LogP contribution in [0.25, 0.3) is 0 Å². The SMILES string of the molecule is [2H]CC(=O)OC1O[C@@H](C)[C@H](OC(=O)C[2H])[C@@H](OC(=O)C[2H])[C@H]1OC(=O)C[2H]. The van der Waals surface area contributed by atoms with Crippen molar-refractivity contribution >= 4 is 23.9 Å². The van der Waals surface area contributed by atoms with Gasteiger partial charge in [0.05, 0.1) is 6.10 Å². The standard InChI is InChI=1S/C14H20O9/c1-6-11(20-7(2)15)12(21-8(3)16)13(22-9(4)17)14(19-6)23-10(5)18/h6,11-14H,1-5H3/t6-,11-,12+,13+,14?/m0/s1/i2D,3D,4D,5D. The molecule has 9 heteroatoms. The molecule has 1 unspecified atom stereocenters. The number of ether oxygens (including phenoxy) is 5. The van der Waals surface area contributed by atoms with Crippen molar-refractivity contribution in [2.75, 3.05) is 0 Å². The van der Waals surface area contributed by atoms with Crippen LogP contribution in [0, 0.1) is 0 Å². The Morgan fingerprint density at radius 2 is 1.17 bits per heavy atom. The van der Waals surface area contributed by atoms with E-state index in [9.17, 15) is 19.2 Å². The summed E-state index contributed by atoms with van der Waals surface area (Å²) in [5.74, 6) is -4.11. The number of esters is 4. The van der Waals surface area contributed by atoms with Gasteiger partial charge in [0, 0.05) is 33.1 Å². The highest BCUT2D eigenvalue weighted by Gasteiger charge is 2.51. The zero-order valence-electron chi connectivity index (χ0n) is 16.4. The molecule has 0 aliphatic carbocycles. The molecule has 1 aliphatic rings. The van der Waals surface area contributed by atoms with Gasteiger partial charge in [-0.1, -0.05) is 0 Å². The molecule has 0 saturated carbocycles. The quantitative estimate of drug-likeness (QED) is 0.520. The molecule has 1 fully saturated rings. The zero-order chi connectivity index (χ0) is 20.6. The Balaban J connectivity index is 3.22. The lowest BCUT2D eigenvalue weighted by molar-refractivity contribution is -0.292. The normalized spacial score (nSPS) is 32.3. The van der Waals surface area contributed by atoms with Crippen LogP contribution in [0.1, 0.15) is 40.0 Å². The molecule has 0 spiro atoms. The molecular formula is C14H20O9. The van der Waals surface area contributed by atoms with E-state index >= 15 is 0 Å². The lowest BCUT2D eigenvalue weighted by atomic mass is 9.99. The highest BCUT2D eigenvalue weighted by atomic mass is 16.7. The molecule has 23 heavy (non-hydrogen) atoms. The van der Waals surface area contributed by atoms with E-state index in [1.54, 1.807) is 0 Å². The predicted molar refractivity (Wildman–Crippen MR) is 72.8 cm³/mol. The fraction of sp³-hybridized carbons (Fsp3) is 0.714. The molecule has 1 rings (SSSR count). The van der Waals surface area contributed by atoms with Crippen molar-refractivity contribution in [2.45, 2.75) is 65.2 Å². The number of hydrogen-bond donors (Lipinski definition) is 0. The summed E-state index contributed by atoms with van der Waals surface area (Å²) in [4.78, 5) is 46.2. The number of rotatable bonds is 4. The molecule has 0 N–H and O–H groups in total. The summed E-state index contributed by atoms with van der Waals surface area (Å²) in [5.41, 5.74) is 0. The fourth-order valence-corrected chi connectivity index (χ4v) is 2.07. The van der Waals surface area contributed by atoms with Crippen LogP contribution in [-0.4, -0.2) is 54.6 Å². The predicted octanol–water partition coefficient (Wildman–Crippen LogP) is 0.0894. The largest absolute Gasteiger partial charge is 0.456 e. The van der Waals surface area contributed by atoms with E-state index < -0.39 is 82.2 Å². The minimum absolute atomic E-state index is 0.739. The summed E-state index contributed by atoms with van der Waals surface area (Å²) >= 11 is 0. The Kier molecular flexibility index (Phi) is 4.57. The third-order valence-corrected chi connectivity index (χ3v) is 2.78. The van der Waals surface area contributed by atoms with Crippen molar-refractivity contribution in [1.82, 2.24) is 0 Å². The van der Waals surface area contributed by atoms with Crippen LogP contribution in [0.5, 0.6) is 0 Å². The Hall–Kier alpha value is -2.16. The smallest absolute Gasteiger partial charge is 0.305 e. The first-order valence-corrected chi connectivity index (χ1v) is 6.37. The van der Waals surface area contributed by atoms with Gasteiger partial charge in [0.2, 0.25) is 12.4 Å². The van der Waals surface area contributed by atoms with Crippen molar-refractivity contribution in [3.05, 3.63) is 0 Å². The Morgan fingerprint density at radius 3 is 1.70 bits per heavy atom. The van der Waals surface area contributed by atoms with Crippen molar-refractivity contribution in [1.29, 1.82) is 0 Å². The highest BCUT2D eigenvalue weighted by Crippen LogP contribution is 2.29. The first-order chi connectivity index (χ1) is 12.8. The summed E-state index contributed by atoms with van der Waals surface area (Å²) in [6, 6.07) is 0. The molecule has 1 aliphatic heterocycles. The topological polar surface area (TPSA) is 114 Å². The van der Waals surface area contributed by atoms with Crippen LogP contribution in [0.4, 0.5) is 0 Å². The lowest BCUT2D eigenvalue weighted by Crippen LogP contribution is -2.61. The summed E-state index contributed by atoms with van der Waals surface area (Å²) in [7, 11) is 0. The van der Waals surface area contributed by atoms with Gasteiger partial charge in [0.1, 0.15) is 0 Å². The zero-order valence-corrected chi connectivity index (χ0v) is 12.4. The molecule has 9 nitrogen and oxygen atoms in total. The molecule has 5 atom stereocenters. The fourth-order valence-electron chi connectivity index (χ4n) is 2.07. The van der Waals surface area contributed by atoms with E-state index in [0.717, 1.165) is 0 Å². The molecule has 0 aromatic heterocycles. The average Bonchev–Trinajstić information content (AvgIpc) is 2.66. The molecule has 0 amide bonds. The summed E-state index contributed by atoms with van der Waals surface area (Å²) in [6.45, 7) is -1.70. The molecule has 0 bridgehead atoms. The third kappa shape index (κ3) is 5.51. The highest BCUT2D eigenvalue weighted by molar-refractivity contribution is 5.69. The van der Waals surface area contributed by atoms with Crippen molar-refractivity contribution < 1.29 is 48.3 Å². The van der Waals surface area contributed by atoms with Gasteiger partial charge in [0.15, 0.2) is 12.2 Å². The van der Waals surface area contributed by atoms with E-state index in [4.69, 9.17) is 29.2 Å². The van der Waals surface area contributed by atoms with E-state index in [0.29, 0.717) is 0 Å². The van der Waals surface area contributed by atoms with Crippen LogP contribution in [0.15, 0.2) is 0 Å². The van der Waals surface area contributed by atoms with Gasteiger partial charge in [0.25, 0.3) is 0 Å². The summed E-state index contributed by atoms with van der Waals surface area (Å²) in [6.07, 6.45) is -7.05. The monoisotopic (exact) mass is 336 g/mol. The Bertz CT molecular complexity index is 559. The molecule has 0 aromatic carbocycles. The average molecular weight is 336 g/mol. The minimum atomic E-state index is -1.60. The van der Waals surface area contributed by atoms with Gasteiger partial charge in [-0.15, -0.1) is 0 Å². The third-order valence-electron chi connectivity index (χ3n) is 2.78. The Morgan fingerprint density at radius 1 is 0.739 bits per heavy atom. The number of hydrogen-bond acceptors (Lipinski definition) is 9. The molecule has 1 saturated heterocycles. The van der Waals surface area contributed by atoms with Crippen molar-refractivity contribution in [2.24, 2.45) is 0 Å². The summed E-state index contributed by atoms with van der Waals surface area (Å²) < 4.78 is 53.5. The van der Waals surface area contributed by atoms with E-state index in [-0.39, 0.29) is 0 Å². The van der Waals surface area contributed by atoms with Gasteiger partial charge in [-0.3, -0.25) is 19.2 Å². The van der Waals surface area contributed by atoms with Crippen LogP contribution in [0.2, 0.25) is 0 Å². The van der Waals surface area contributed by atoms with Gasteiger partial charge in [-0.25, -0.2) is 0 Å². The van der Waals surface area contributed by atoms with Crippen molar-refractivity contribution in [3.8, 4) is 0 Å². The van der Waals surface area contributed by atoms with Crippen LogP contribution >= 0.6 is 0 Å². The molecular weight excluding hydrogens is 312 g/mol. The molecule has 0 aromatic rings. The molecule has 130 valence electrons. The maximum atomic E-state index is 11.6. The van der Waals surface area contributed by atoms with Crippen LogP contribution < -0.4 is 0 Å². The van der Waals surface area contributed by atoms with Gasteiger partial charge >= 0.3 is 23.9 Å². The van der Waals surface area contributed by atoms with Gasteiger partial charge < -0.3 is 23.7 Å². The molecule has 1 heterocycles. The van der Waals surface area contributed by atoms with E-state index in [1.807, 2.05) is 0 Å². The van der Waals surface area contributed by atoms with Crippen molar-refractivity contribution in [3.63, 3.8) is 0 Å². The second-order valence-corrected chi connectivity index (χ2v) is 4.56. The van der Waals surface area contributed by atoms with E-state index in [2.05, 4.69) is 0 Å². The molecule has 0 radical (unpaired) electrons. The number of carbonyl (C=O) groups is 4. The van der Waals surface area contributed by atoms with Crippen LogP contribution in [-0.2, 0) is 42.9 Å². The Labute approximate surface area is 138 Å². The lowest BCUT2D eigenvalue weighted by Gasteiger charge is -2.42. The second kappa shape index (κ2) is 7.91. The first-order valence-electron chi connectivity index (χ1n) is 9.20. The minimum Gasteiger partial charge on any atom is -0.456 e. The maximum absolute atomic E-state index is 11.6. The summed E-state index contributed by atoms with van der Waals surface area (Å²) in [5, 5.41) is 0. The first kappa shape index (κ1) is 13.3. The van der Waals surface area contributed by atoms with Crippen LogP contribution in [0.3, 0.4) is 0 Å². The van der Waals surface area contributed by atoms with Gasteiger partial charge in [-0.05, 0) is 6.92 Å². The number of carbonyl (C=O) groups excluding carboxylic acids is 4. The maximum Gasteiger partial charge on any atom is 0.305 e. The second-order valence-electron chi connectivity index (χ2n) is 4.56.